The summed E-state index contributed by atoms with van der Waals surface area (Å²) in [5.41, 5.74) is 6.79. The van der Waals surface area contributed by atoms with Crippen molar-refractivity contribution in [2.24, 2.45) is 0 Å². The van der Waals surface area contributed by atoms with Crippen LogP contribution in [0.1, 0.15) is 5.56 Å². The lowest BCUT2D eigenvalue weighted by molar-refractivity contribution is 0.665. The maximum atomic E-state index is 4.87. The number of aromatic amines is 1. The Morgan fingerprint density at radius 1 is 0.862 bits per heavy atom. The van der Waals surface area contributed by atoms with Gasteiger partial charge in [0.25, 0.3) is 0 Å². The normalized spacial score (nSPS) is 11.6. The quantitative estimate of drug-likeness (QED) is 0.491. The summed E-state index contributed by atoms with van der Waals surface area (Å²) in [5, 5.41) is 10.9. The van der Waals surface area contributed by atoms with Gasteiger partial charge in [-0.05, 0) is 54.1 Å². The first kappa shape index (κ1) is 15.9. The molecule has 0 bridgehead atoms. The van der Waals surface area contributed by atoms with Gasteiger partial charge in [0.05, 0.1) is 17.8 Å². The number of nitrogens with one attached hydrogen (secondary N) is 1. The van der Waals surface area contributed by atoms with Crippen molar-refractivity contribution < 1.29 is 0 Å². The maximum Gasteiger partial charge on any atom is 0.179 e. The summed E-state index contributed by atoms with van der Waals surface area (Å²) >= 11 is 0. The van der Waals surface area contributed by atoms with E-state index in [9.17, 15) is 0 Å². The molecule has 4 aromatic heterocycles. The van der Waals surface area contributed by atoms with Gasteiger partial charge in [-0.2, -0.15) is 0 Å². The molecule has 138 valence electrons. The summed E-state index contributed by atoms with van der Waals surface area (Å²) in [6.45, 7) is 0.606. The molecule has 0 unspecified atom stereocenters. The van der Waals surface area contributed by atoms with E-state index in [0.717, 1.165) is 44.4 Å². The Morgan fingerprint density at radius 3 is 2.83 bits per heavy atom. The molecule has 29 heavy (non-hydrogen) atoms. The van der Waals surface area contributed by atoms with Gasteiger partial charge >= 0.3 is 0 Å². The first-order valence-electron chi connectivity index (χ1n) is 9.45. The molecule has 0 saturated heterocycles. The predicted octanol–water partition coefficient (Wildman–Crippen LogP) is 4.57. The van der Waals surface area contributed by atoms with Crippen LogP contribution < -0.4 is 0 Å². The zero-order valence-electron chi connectivity index (χ0n) is 15.4. The minimum absolute atomic E-state index is 0.606. The third-order valence-corrected chi connectivity index (χ3v) is 5.21. The SMILES string of the molecule is c1cnc2ccc(Cn3nnc4ccc(-c5ccc6[nH]ccc6c5)nc43)cc2c1. The average molecular weight is 376 g/mol. The number of rotatable bonds is 3. The highest BCUT2D eigenvalue weighted by atomic mass is 15.4. The van der Waals surface area contributed by atoms with E-state index < -0.39 is 0 Å². The van der Waals surface area contributed by atoms with Crippen molar-refractivity contribution in [3.63, 3.8) is 0 Å². The Kier molecular flexibility index (Phi) is 3.43. The van der Waals surface area contributed by atoms with Crippen molar-refractivity contribution in [3.8, 4) is 11.3 Å². The monoisotopic (exact) mass is 376 g/mol. The van der Waals surface area contributed by atoms with Crippen LogP contribution in [0.5, 0.6) is 0 Å². The summed E-state index contributed by atoms with van der Waals surface area (Å²) in [5.74, 6) is 0. The van der Waals surface area contributed by atoms with Gasteiger partial charge in [0.1, 0.15) is 5.52 Å². The fourth-order valence-corrected chi connectivity index (χ4v) is 3.73. The predicted molar refractivity (Wildman–Crippen MR) is 113 cm³/mol. The number of aromatic nitrogens is 6. The number of hydrogen-bond donors (Lipinski definition) is 1. The largest absolute Gasteiger partial charge is 0.361 e. The van der Waals surface area contributed by atoms with Crippen LogP contribution in [0.15, 0.2) is 79.1 Å². The van der Waals surface area contributed by atoms with Crippen LogP contribution in [-0.4, -0.2) is 29.9 Å². The van der Waals surface area contributed by atoms with Gasteiger partial charge in [0, 0.05) is 34.2 Å². The highest BCUT2D eigenvalue weighted by Gasteiger charge is 2.10. The van der Waals surface area contributed by atoms with E-state index in [2.05, 4.69) is 62.7 Å². The lowest BCUT2D eigenvalue weighted by Gasteiger charge is -2.06. The lowest BCUT2D eigenvalue weighted by Crippen LogP contribution is -2.03. The molecule has 0 fully saturated rings. The fourth-order valence-electron chi connectivity index (χ4n) is 3.73. The molecule has 0 atom stereocenters. The molecular formula is C23H16N6. The summed E-state index contributed by atoms with van der Waals surface area (Å²) in [6.07, 6.45) is 3.76. The number of pyridine rings is 2. The Balaban J connectivity index is 1.41. The van der Waals surface area contributed by atoms with Crippen LogP contribution in [0.2, 0.25) is 0 Å². The summed E-state index contributed by atoms with van der Waals surface area (Å²) in [4.78, 5) is 12.5. The molecule has 6 rings (SSSR count). The van der Waals surface area contributed by atoms with Crippen molar-refractivity contribution in [1.82, 2.24) is 29.9 Å². The Labute approximate surface area is 165 Å². The molecule has 0 aliphatic carbocycles. The van der Waals surface area contributed by atoms with Crippen LogP contribution in [-0.2, 0) is 6.54 Å². The van der Waals surface area contributed by atoms with Gasteiger partial charge in [-0.3, -0.25) is 4.98 Å². The first-order valence-corrected chi connectivity index (χ1v) is 9.45. The van der Waals surface area contributed by atoms with E-state index in [1.165, 1.54) is 5.39 Å². The first-order chi connectivity index (χ1) is 14.3. The van der Waals surface area contributed by atoms with Crippen LogP contribution in [0.25, 0.3) is 44.2 Å². The van der Waals surface area contributed by atoms with Crippen LogP contribution >= 0.6 is 0 Å². The Hall–Kier alpha value is -4.06. The van der Waals surface area contributed by atoms with Crippen molar-refractivity contribution in [1.29, 1.82) is 0 Å². The minimum atomic E-state index is 0.606. The van der Waals surface area contributed by atoms with Crippen molar-refractivity contribution in [2.75, 3.05) is 0 Å². The molecule has 6 nitrogen and oxygen atoms in total. The Bertz CT molecular complexity index is 1490. The zero-order valence-corrected chi connectivity index (χ0v) is 15.4. The van der Waals surface area contributed by atoms with Gasteiger partial charge in [-0.15, -0.1) is 5.10 Å². The molecular weight excluding hydrogens is 360 g/mol. The third kappa shape index (κ3) is 2.73. The van der Waals surface area contributed by atoms with Gasteiger partial charge in [0.15, 0.2) is 5.65 Å². The second-order valence-corrected chi connectivity index (χ2v) is 7.10. The van der Waals surface area contributed by atoms with Gasteiger partial charge < -0.3 is 4.98 Å². The molecule has 1 N–H and O–H groups in total. The van der Waals surface area contributed by atoms with E-state index in [4.69, 9.17) is 4.98 Å². The van der Waals surface area contributed by atoms with Gasteiger partial charge in [-0.1, -0.05) is 23.4 Å². The van der Waals surface area contributed by atoms with Crippen LogP contribution in [0.3, 0.4) is 0 Å². The average Bonchev–Trinajstić information content (AvgIpc) is 3.40. The van der Waals surface area contributed by atoms with E-state index in [0.29, 0.717) is 6.54 Å². The standard InChI is InChI=1S/C23H16N6/c1-2-16-12-15(3-5-19(16)24-10-1)14-29-23-22(27-28-29)8-7-21(26-23)17-4-6-20-18(13-17)9-11-25-20/h1-13,25H,14H2. The van der Waals surface area contributed by atoms with Gasteiger partial charge in [0.2, 0.25) is 0 Å². The van der Waals surface area contributed by atoms with Crippen LogP contribution in [0, 0.1) is 0 Å². The second-order valence-electron chi connectivity index (χ2n) is 7.10. The number of nitrogens with zero attached hydrogens (tertiary/aromatic N) is 5. The summed E-state index contributed by atoms with van der Waals surface area (Å²) < 4.78 is 1.85. The zero-order chi connectivity index (χ0) is 19.2. The number of hydrogen-bond acceptors (Lipinski definition) is 4. The number of fused-ring (bicyclic) bond motifs is 3. The van der Waals surface area contributed by atoms with Crippen LogP contribution in [0.4, 0.5) is 0 Å². The highest BCUT2D eigenvalue weighted by Crippen LogP contribution is 2.24. The third-order valence-electron chi connectivity index (χ3n) is 5.21. The molecule has 0 amide bonds. The van der Waals surface area contributed by atoms with Crippen molar-refractivity contribution >= 4 is 33.0 Å². The summed E-state index contributed by atoms with van der Waals surface area (Å²) in [7, 11) is 0. The molecule has 0 saturated carbocycles. The molecule has 0 aliphatic rings. The second kappa shape index (κ2) is 6.24. The number of benzene rings is 2. The topological polar surface area (TPSA) is 72.3 Å². The molecule has 2 aromatic carbocycles. The van der Waals surface area contributed by atoms with E-state index in [1.54, 1.807) is 0 Å². The summed E-state index contributed by atoms with van der Waals surface area (Å²) in [6, 6.07) is 22.6. The smallest absolute Gasteiger partial charge is 0.179 e. The number of H-pyrrole nitrogens is 1. The molecule has 6 aromatic rings. The Morgan fingerprint density at radius 2 is 1.83 bits per heavy atom. The lowest BCUT2D eigenvalue weighted by atomic mass is 10.1. The molecule has 0 aliphatic heterocycles. The molecule has 6 heteroatoms. The van der Waals surface area contributed by atoms with E-state index in [-0.39, 0.29) is 0 Å². The fraction of sp³-hybridized carbons (Fsp3) is 0.0435. The minimum Gasteiger partial charge on any atom is -0.361 e. The van der Waals surface area contributed by atoms with E-state index in [1.807, 2.05) is 41.3 Å². The van der Waals surface area contributed by atoms with Crippen molar-refractivity contribution in [2.45, 2.75) is 6.54 Å². The van der Waals surface area contributed by atoms with E-state index >= 15 is 0 Å². The molecule has 0 radical (unpaired) electrons. The molecule has 4 heterocycles. The molecule has 0 spiro atoms. The maximum absolute atomic E-state index is 4.87. The highest BCUT2D eigenvalue weighted by molar-refractivity contribution is 5.85. The van der Waals surface area contributed by atoms with Gasteiger partial charge in [-0.25, -0.2) is 9.67 Å². The van der Waals surface area contributed by atoms with Crippen molar-refractivity contribution in [3.05, 3.63) is 84.7 Å².